The van der Waals surface area contributed by atoms with E-state index < -0.39 is 20.1 Å². The summed E-state index contributed by atoms with van der Waals surface area (Å²) in [6.07, 6.45) is 13.3. The number of hydrogen-bond acceptors (Lipinski definition) is 0. The van der Waals surface area contributed by atoms with Crippen molar-refractivity contribution in [2.24, 2.45) is 0 Å². The van der Waals surface area contributed by atoms with Gasteiger partial charge in [0, 0.05) is 0 Å². The molecule has 0 saturated heterocycles. The third-order valence-electron chi connectivity index (χ3n) is 7.96. The number of fused-ring (bicyclic) bond motifs is 2. The second kappa shape index (κ2) is 7.55. The molecular formula is C28H32HfSi. The van der Waals surface area contributed by atoms with Crippen LogP contribution in [0.15, 0.2) is 47.5 Å². The molecule has 0 aromatic heterocycles. The van der Waals surface area contributed by atoms with Crippen molar-refractivity contribution in [1.29, 1.82) is 0 Å². The minimum atomic E-state index is -2.03. The minimum absolute atomic E-state index is 0.794. The summed E-state index contributed by atoms with van der Waals surface area (Å²) in [4.78, 5) is 0. The van der Waals surface area contributed by atoms with Gasteiger partial charge in [-0.05, 0) is 0 Å². The predicted octanol–water partition coefficient (Wildman–Crippen LogP) is 7.00. The summed E-state index contributed by atoms with van der Waals surface area (Å²) >= 11 is -2.03. The number of rotatable bonds is 6. The Kier molecular flexibility index (Phi) is 4.95. The molecule has 0 spiro atoms. The van der Waals surface area contributed by atoms with Gasteiger partial charge >= 0.3 is 192 Å². The first kappa shape index (κ1) is 19.7. The molecule has 2 fully saturated rings. The maximum absolute atomic E-state index is 2.64. The molecule has 30 heavy (non-hydrogen) atoms. The second-order valence-electron chi connectivity index (χ2n) is 9.84. The van der Waals surface area contributed by atoms with Gasteiger partial charge in [-0.1, -0.05) is 0 Å². The van der Waals surface area contributed by atoms with E-state index in [0.29, 0.717) is 0 Å². The van der Waals surface area contributed by atoms with Crippen molar-refractivity contribution in [3.05, 3.63) is 80.9 Å². The van der Waals surface area contributed by atoms with Crippen LogP contribution in [0.3, 0.4) is 0 Å². The summed E-state index contributed by atoms with van der Waals surface area (Å²) in [6.45, 7) is 7.29. The van der Waals surface area contributed by atoms with Crippen molar-refractivity contribution < 1.29 is 20.1 Å². The van der Waals surface area contributed by atoms with Crippen LogP contribution in [0.25, 0.3) is 12.2 Å². The Morgan fingerprint density at radius 1 is 0.700 bits per heavy atom. The van der Waals surface area contributed by atoms with E-state index in [0.717, 1.165) is 19.2 Å². The van der Waals surface area contributed by atoms with Crippen LogP contribution >= 0.6 is 0 Å². The Labute approximate surface area is 190 Å². The Balaban J connectivity index is 1.44. The van der Waals surface area contributed by atoms with E-state index in [4.69, 9.17) is 0 Å². The van der Waals surface area contributed by atoms with Gasteiger partial charge in [-0.15, -0.1) is 0 Å². The van der Waals surface area contributed by atoms with Gasteiger partial charge in [0.25, 0.3) is 0 Å². The molecule has 2 unspecified atom stereocenters. The molecular weight excluding hydrogens is 543 g/mol. The molecule has 2 aromatic carbocycles. The van der Waals surface area contributed by atoms with Gasteiger partial charge in [0.15, 0.2) is 0 Å². The van der Waals surface area contributed by atoms with E-state index in [1.165, 1.54) is 38.5 Å². The molecule has 0 heterocycles. The molecule has 0 radical (unpaired) electrons. The molecule has 0 amide bonds. The van der Waals surface area contributed by atoms with Gasteiger partial charge in [0.2, 0.25) is 0 Å². The van der Waals surface area contributed by atoms with E-state index in [1.54, 1.807) is 44.5 Å². The summed E-state index contributed by atoms with van der Waals surface area (Å²) < 4.78 is 1.59. The molecule has 2 heteroatoms. The van der Waals surface area contributed by atoms with Crippen LogP contribution in [0.5, 0.6) is 0 Å². The van der Waals surface area contributed by atoms with Crippen molar-refractivity contribution in [1.82, 2.24) is 0 Å². The number of hydrogen-bond donors (Lipinski definition) is 0. The van der Waals surface area contributed by atoms with E-state index in [2.05, 4.69) is 69.3 Å². The summed E-state index contributed by atoms with van der Waals surface area (Å²) in [5.41, 5.74) is 13.6. The normalized spacial score (nSPS) is 24.3. The van der Waals surface area contributed by atoms with Crippen LogP contribution in [0.2, 0.25) is 0 Å². The van der Waals surface area contributed by atoms with Crippen LogP contribution in [-0.4, -0.2) is 6.94 Å². The molecule has 2 saturated carbocycles. The molecule has 4 aliphatic carbocycles. The molecule has 4 aliphatic rings. The van der Waals surface area contributed by atoms with Crippen LogP contribution in [-0.2, 0) is 20.1 Å². The zero-order valence-electron chi connectivity index (χ0n) is 18.4. The van der Waals surface area contributed by atoms with Crippen molar-refractivity contribution in [2.75, 3.05) is 0 Å². The van der Waals surface area contributed by atoms with E-state index in [1.807, 2.05) is 0 Å². The predicted molar refractivity (Wildman–Crippen MR) is 127 cm³/mol. The van der Waals surface area contributed by atoms with E-state index >= 15 is 0 Å². The molecule has 0 nitrogen and oxygen atoms in total. The standard InChI is InChI=1S/2C14H15.Hf.H2Si/c2*1-2-10-8-12-4-3-5-13(11-6-7-11)14(12)9-10;;/h2*3-5,8-9,11H,2,6-7H2,1H3;;1H2. The zero-order chi connectivity index (χ0) is 20.4. The van der Waals surface area contributed by atoms with E-state index in [-0.39, 0.29) is 0 Å². The van der Waals surface area contributed by atoms with Crippen LogP contribution < -0.4 is 0 Å². The fourth-order valence-corrected chi connectivity index (χ4v) is 25.4. The Morgan fingerprint density at radius 2 is 1.10 bits per heavy atom. The first-order chi connectivity index (χ1) is 14.7. The van der Waals surface area contributed by atoms with Crippen LogP contribution in [0.1, 0.15) is 105 Å². The van der Waals surface area contributed by atoms with Gasteiger partial charge in [0.1, 0.15) is 0 Å². The second-order valence-corrected chi connectivity index (χ2v) is 24.8. The Bertz CT molecular complexity index is 1030. The van der Waals surface area contributed by atoms with Gasteiger partial charge in [0.05, 0.1) is 0 Å². The third kappa shape index (κ3) is 3.08. The van der Waals surface area contributed by atoms with Gasteiger partial charge in [-0.3, -0.25) is 0 Å². The van der Waals surface area contributed by atoms with Gasteiger partial charge in [-0.25, -0.2) is 0 Å². The monoisotopic (exact) mass is 576 g/mol. The van der Waals surface area contributed by atoms with Crippen LogP contribution in [0, 0.1) is 0 Å². The molecule has 2 aromatic rings. The zero-order valence-corrected chi connectivity index (χ0v) is 23.4. The first-order valence-corrected chi connectivity index (χ1v) is 24.5. The fourth-order valence-electron chi connectivity index (χ4n) is 6.13. The fraction of sp³-hybridized carbons (Fsp3) is 0.429. The molecule has 6 rings (SSSR count). The molecule has 0 N–H and O–H groups in total. The van der Waals surface area contributed by atoms with E-state index in [9.17, 15) is 0 Å². The molecule has 152 valence electrons. The molecule has 0 bridgehead atoms. The van der Waals surface area contributed by atoms with Crippen molar-refractivity contribution in [3.63, 3.8) is 0 Å². The average Bonchev–Trinajstić information content (AvgIpc) is 3.70. The topological polar surface area (TPSA) is 0 Å². The average molecular weight is 575 g/mol. The van der Waals surface area contributed by atoms with Gasteiger partial charge < -0.3 is 0 Å². The van der Waals surface area contributed by atoms with Crippen molar-refractivity contribution >= 4 is 19.1 Å². The SMILES string of the molecule is CCC1=Cc2c(C3CC3)cccc2[CH]1[Hf](=[SiH2])[CH]1C(CC)=Cc2c(C3CC3)cccc21. The summed E-state index contributed by atoms with van der Waals surface area (Å²) in [5, 5.41) is 0. The summed E-state index contributed by atoms with van der Waals surface area (Å²) in [5.74, 6) is 1.70. The summed E-state index contributed by atoms with van der Waals surface area (Å²) in [7, 11) is 0. The summed E-state index contributed by atoms with van der Waals surface area (Å²) in [6, 6.07) is 14.6. The van der Waals surface area contributed by atoms with Crippen molar-refractivity contribution in [3.8, 4) is 0 Å². The maximum atomic E-state index is 2.64. The first-order valence-electron chi connectivity index (χ1n) is 12.1. The quantitative estimate of drug-likeness (QED) is 0.326. The Morgan fingerprint density at radius 3 is 1.47 bits per heavy atom. The Hall–Kier alpha value is -0.993. The number of benzene rings is 2. The molecule has 2 atom stereocenters. The number of allylic oxidation sites excluding steroid dienone is 2. The van der Waals surface area contributed by atoms with Crippen LogP contribution in [0.4, 0.5) is 0 Å². The van der Waals surface area contributed by atoms with Gasteiger partial charge in [-0.2, -0.15) is 0 Å². The molecule has 0 aliphatic heterocycles. The third-order valence-corrected chi connectivity index (χ3v) is 24.9. The van der Waals surface area contributed by atoms with Crippen molar-refractivity contribution in [2.45, 2.75) is 71.6 Å².